The third-order valence-electron chi connectivity index (χ3n) is 7.63. The second kappa shape index (κ2) is 8.18. The van der Waals surface area contributed by atoms with Crippen LogP contribution in [0.15, 0.2) is 47.4 Å². The number of phenols is 1. The molecule has 2 aromatic carbocycles. The summed E-state index contributed by atoms with van der Waals surface area (Å²) in [6.07, 6.45) is -1.05. The van der Waals surface area contributed by atoms with Gasteiger partial charge in [-0.2, -0.15) is 13.2 Å². The van der Waals surface area contributed by atoms with E-state index in [1.165, 1.54) is 36.9 Å². The van der Waals surface area contributed by atoms with E-state index >= 15 is 0 Å². The van der Waals surface area contributed by atoms with Crippen LogP contribution < -0.4 is 5.73 Å². The molecule has 0 aromatic heterocycles. The van der Waals surface area contributed by atoms with E-state index < -0.39 is 17.3 Å². The second-order valence-electron chi connectivity index (χ2n) is 9.95. The number of hydrogen-bond acceptors (Lipinski definition) is 5. The maximum atomic E-state index is 13.3. The van der Waals surface area contributed by atoms with Crippen molar-refractivity contribution >= 4 is 11.9 Å². The Hall–Kier alpha value is -1.74. The molecule has 33 heavy (non-hydrogen) atoms. The average Bonchev–Trinajstić information content (AvgIpc) is 3.56. The van der Waals surface area contributed by atoms with Crippen LogP contribution in [0.4, 0.5) is 13.2 Å². The van der Waals surface area contributed by atoms with Gasteiger partial charge in [-0.1, -0.05) is 19.1 Å². The number of likely N-dealkylation sites (tertiary alicyclic amines) is 1. The molecule has 3 N–H and O–H groups in total. The first-order valence-corrected chi connectivity index (χ1v) is 12.3. The Labute approximate surface area is 197 Å². The minimum atomic E-state index is -4.38. The molecule has 1 aliphatic heterocycles. The average molecular weight is 478 g/mol. The Balaban J connectivity index is 1.52. The van der Waals surface area contributed by atoms with Crippen molar-refractivity contribution in [1.82, 2.24) is 9.21 Å². The molecule has 3 aliphatic rings. The fraction of sp³-hybridized carbons (Fsp3) is 0.520. The van der Waals surface area contributed by atoms with Gasteiger partial charge in [-0.05, 0) is 91.6 Å². The van der Waals surface area contributed by atoms with Gasteiger partial charge in [0.1, 0.15) is 5.75 Å². The molecular formula is C25H30F3N3OS. The Morgan fingerprint density at radius 3 is 2.67 bits per heavy atom. The second-order valence-corrected chi connectivity index (χ2v) is 11.2. The Kier molecular flexibility index (Phi) is 5.71. The predicted octanol–water partition coefficient (Wildman–Crippen LogP) is 4.86. The number of rotatable bonds is 5. The number of benzene rings is 2. The number of halogens is 3. The van der Waals surface area contributed by atoms with Crippen molar-refractivity contribution in [3.8, 4) is 5.75 Å². The summed E-state index contributed by atoms with van der Waals surface area (Å²) in [7, 11) is 1.94. The highest BCUT2D eigenvalue weighted by Gasteiger charge is 2.57. The number of piperidine rings is 1. The summed E-state index contributed by atoms with van der Waals surface area (Å²) in [6, 6.07) is 11.0. The van der Waals surface area contributed by atoms with Crippen LogP contribution in [0.25, 0.3) is 0 Å². The molecule has 0 radical (unpaired) electrons. The molecule has 8 heteroatoms. The smallest absolute Gasteiger partial charge is 0.416 e. The van der Waals surface area contributed by atoms with Gasteiger partial charge in [0.2, 0.25) is 0 Å². The fourth-order valence-corrected chi connectivity index (χ4v) is 6.90. The van der Waals surface area contributed by atoms with Crippen molar-refractivity contribution < 1.29 is 18.3 Å². The minimum absolute atomic E-state index is 0.114. The van der Waals surface area contributed by atoms with E-state index in [0.717, 1.165) is 42.6 Å². The molecule has 2 aromatic rings. The molecule has 1 saturated carbocycles. The van der Waals surface area contributed by atoms with Crippen molar-refractivity contribution in [1.29, 1.82) is 0 Å². The van der Waals surface area contributed by atoms with E-state index in [1.54, 1.807) is 18.2 Å². The number of fused-ring (bicyclic) bond motifs is 4. The predicted molar refractivity (Wildman–Crippen MR) is 124 cm³/mol. The van der Waals surface area contributed by atoms with E-state index in [2.05, 4.69) is 16.1 Å². The van der Waals surface area contributed by atoms with Crippen molar-refractivity contribution in [3.63, 3.8) is 0 Å². The quantitative estimate of drug-likeness (QED) is 0.603. The number of nitrogens with two attached hydrogens (primary N) is 1. The van der Waals surface area contributed by atoms with Gasteiger partial charge in [0.15, 0.2) is 0 Å². The molecule has 1 heterocycles. The zero-order chi connectivity index (χ0) is 23.5. The lowest BCUT2D eigenvalue weighted by atomic mass is 9.62. The Morgan fingerprint density at radius 1 is 1.21 bits per heavy atom. The lowest BCUT2D eigenvalue weighted by Crippen LogP contribution is -2.73. The van der Waals surface area contributed by atoms with Gasteiger partial charge in [-0.25, -0.2) is 4.31 Å². The van der Waals surface area contributed by atoms with E-state index in [-0.39, 0.29) is 23.8 Å². The van der Waals surface area contributed by atoms with E-state index in [4.69, 9.17) is 5.73 Å². The molecule has 4 atom stereocenters. The third kappa shape index (κ3) is 4.16. The SMILES string of the molecule is C[C@@H]1CN(CC2CC2)[C@@H]2Cc3ccc(O)cc3[C@@]1(N)[C@@H]2N(C)Sc1cccc(C(F)(F)F)c1. The van der Waals surface area contributed by atoms with Crippen molar-refractivity contribution in [3.05, 3.63) is 59.2 Å². The number of hydrogen-bond donors (Lipinski definition) is 2. The summed E-state index contributed by atoms with van der Waals surface area (Å²) in [5.74, 6) is 1.03. The summed E-state index contributed by atoms with van der Waals surface area (Å²) in [6.45, 7) is 4.08. The monoisotopic (exact) mass is 477 g/mol. The Bertz CT molecular complexity index is 1040. The molecule has 2 aliphatic carbocycles. The first-order chi connectivity index (χ1) is 15.6. The molecule has 5 rings (SSSR count). The number of phenolic OH excluding ortho intramolecular Hbond substituents is 1. The summed E-state index contributed by atoms with van der Waals surface area (Å²) >= 11 is 1.32. The molecule has 178 valence electrons. The van der Waals surface area contributed by atoms with Gasteiger partial charge in [0, 0.05) is 24.0 Å². The van der Waals surface area contributed by atoms with Gasteiger partial charge in [0.25, 0.3) is 0 Å². The highest BCUT2D eigenvalue weighted by atomic mass is 32.2. The first kappa shape index (κ1) is 23.0. The maximum Gasteiger partial charge on any atom is 0.416 e. The number of nitrogens with zero attached hydrogens (tertiary/aromatic N) is 2. The van der Waals surface area contributed by atoms with Crippen LogP contribution in [0.3, 0.4) is 0 Å². The molecule has 0 amide bonds. The first-order valence-electron chi connectivity index (χ1n) is 11.5. The molecule has 1 saturated heterocycles. The zero-order valence-corrected chi connectivity index (χ0v) is 19.7. The van der Waals surface area contributed by atoms with Crippen LogP contribution in [-0.2, 0) is 18.1 Å². The molecule has 0 spiro atoms. The van der Waals surface area contributed by atoms with Gasteiger partial charge >= 0.3 is 6.18 Å². The lowest BCUT2D eigenvalue weighted by molar-refractivity contribution is -0.137. The van der Waals surface area contributed by atoms with Crippen LogP contribution in [0.5, 0.6) is 5.75 Å². The van der Waals surface area contributed by atoms with Gasteiger partial charge in [-0.15, -0.1) is 0 Å². The summed E-state index contributed by atoms with van der Waals surface area (Å²) in [5, 5.41) is 10.2. The van der Waals surface area contributed by atoms with Gasteiger partial charge in [-0.3, -0.25) is 4.90 Å². The van der Waals surface area contributed by atoms with Crippen molar-refractivity contribution in [2.75, 3.05) is 20.1 Å². The molecule has 2 fully saturated rings. The third-order valence-corrected chi connectivity index (χ3v) is 8.61. The maximum absolute atomic E-state index is 13.3. The van der Waals surface area contributed by atoms with Gasteiger partial charge in [0.05, 0.1) is 17.1 Å². The van der Waals surface area contributed by atoms with E-state index in [0.29, 0.717) is 4.90 Å². The number of alkyl halides is 3. The summed E-state index contributed by atoms with van der Waals surface area (Å²) in [4.78, 5) is 3.09. The minimum Gasteiger partial charge on any atom is -0.508 e. The van der Waals surface area contributed by atoms with Crippen LogP contribution in [0, 0.1) is 11.8 Å². The normalized spacial score (nSPS) is 29.8. The standard InChI is InChI=1S/C25H30F3N3OS/c1-15-13-31(14-16-6-7-16)22-10-17-8-9-19(32)12-21(17)24(15,29)23(22)30(2)33-20-5-3-4-18(11-20)25(26,27)28/h3-5,8-9,11-12,15-16,22-23,32H,6-7,10,13-14,29H2,1-2H3/t15-,22-,23-,24-/m1/s1. The lowest BCUT2D eigenvalue weighted by Gasteiger charge is -2.60. The van der Waals surface area contributed by atoms with E-state index in [1.807, 2.05) is 13.1 Å². The highest BCUT2D eigenvalue weighted by Crippen LogP contribution is 2.50. The van der Waals surface area contributed by atoms with Crippen molar-refractivity contribution in [2.45, 2.75) is 54.9 Å². The van der Waals surface area contributed by atoms with E-state index in [9.17, 15) is 18.3 Å². The summed E-state index contributed by atoms with van der Waals surface area (Å²) < 4.78 is 41.9. The number of likely N-dealkylation sites (N-methyl/N-ethyl adjacent to an activating group) is 1. The highest BCUT2D eigenvalue weighted by molar-refractivity contribution is 7.97. The van der Waals surface area contributed by atoms with Crippen molar-refractivity contribution in [2.24, 2.45) is 17.6 Å². The number of aromatic hydroxyl groups is 1. The zero-order valence-electron chi connectivity index (χ0n) is 18.8. The Morgan fingerprint density at radius 2 is 1.97 bits per heavy atom. The largest absolute Gasteiger partial charge is 0.508 e. The van der Waals surface area contributed by atoms with Crippen LogP contribution >= 0.6 is 11.9 Å². The van der Waals surface area contributed by atoms with Crippen LogP contribution in [0.1, 0.15) is 36.5 Å². The fourth-order valence-electron chi connectivity index (χ4n) is 5.82. The topological polar surface area (TPSA) is 52.7 Å². The molecular weight excluding hydrogens is 447 g/mol. The molecule has 2 bridgehead atoms. The van der Waals surface area contributed by atoms with Crippen LogP contribution in [0.2, 0.25) is 0 Å². The van der Waals surface area contributed by atoms with Crippen LogP contribution in [-0.4, -0.2) is 46.5 Å². The molecule has 4 nitrogen and oxygen atoms in total. The summed E-state index contributed by atoms with van der Waals surface area (Å²) in [5.41, 5.74) is 8.00. The molecule has 0 unspecified atom stereocenters. The van der Waals surface area contributed by atoms with Gasteiger partial charge < -0.3 is 10.8 Å².